The molecule has 0 bridgehead atoms. The van der Waals surface area contributed by atoms with Crippen LogP contribution in [-0.2, 0) is 0 Å². The van der Waals surface area contributed by atoms with Crippen LogP contribution in [0.15, 0.2) is 29.3 Å². The largest absolute Gasteiger partial charge is 0.573 e. The number of hydrogen-bond acceptors (Lipinski definition) is 3. The van der Waals surface area contributed by atoms with Gasteiger partial charge >= 0.3 is 6.36 Å². The average Bonchev–Trinajstić information content (AvgIpc) is 3.09. The van der Waals surface area contributed by atoms with Crippen LogP contribution in [-0.4, -0.2) is 18.2 Å². The van der Waals surface area contributed by atoms with Crippen LogP contribution in [0.1, 0.15) is 18.4 Å². The van der Waals surface area contributed by atoms with Crippen molar-refractivity contribution in [3.05, 3.63) is 29.8 Å². The molecule has 98 valence electrons. The smallest absolute Gasteiger partial charge is 0.406 e. The molecule has 0 aliphatic heterocycles. The Hall–Kier alpha value is -1.76. The molecule has 1 fully saturated rings. The molecule has 1 aliphatic carbocycles. The van der Waals surface area contributed by atoms with E-state index in [0.717, 1.165) is 12.8 Å². The van der Waals surface area contributed by atoms with Gasteiger partial charge in [-0.15, -0.1) is 13.2 Å². The number of amidine groups is 1. The van der Waals surface area contributed by atoms with Crippen molar-refractivity contribution in [2.24, 2.45) is 10.8 Å². The van der Waals surface area contributed by atoms with Gasteiger partial charge in [0, 0.05) is 5.56 Å². The van der Waals surface area contributed by atoms with Crippen molar-refractivity contribution in [1.29, 1.82) is 0 Å². The Morgan fingerprint density at radius 3 is 2.33 bits per heavy atom. The van der Waals surface area contributed by atoms with E-state index < -0.39 is 6.36 Å². The zero-order valence-electron chi connectivity index (χ0n) is 9.37. The zero-order chi connectivity index (χ0) is 13.2. The summed E-state index contributed by atoms with van der Waals surface area (Å²) >= 11 is 0. The molecular weight excluding hydrogens is 247 g/mol. The number of nitrogens with zero attached hydrogens (tertiary/aromatic N) is 1. The average molecular weight is 259 g/mol. The van der Waals surface area contributed by atoms with Crippen molar-refractivity contribution in [1.82, 2.24) is 5.43 Å². The first-order chi connectivity index (χ1) is 8.48. The standard InChI is InChI=1S/C11H12F3N3O/c12-11(13,14)18-9-5-1-7(2-6-9)10(17-15)16-8-3-4-8/h1-2,5-6,8H,3-4,15H2,(H,16,17). The lowest BCUT2D eigenvalue weighted by Gasteiger charge is -2.10. The lowest BCUT2D eigenvalue weighted by atomic mass is 10.2. The number of hydrazine groups is 1. The molecule has 0 saturated heterocycles. The molecule has 1 aromatic rings. The molecule has 1 aromatic carbocycles. The number of rotatable bonds is 3. The minimum absolute atomic E-state index is 0.266. The van der Waals surface area contributed by atoms with E-state index in [-0.39, 0.29) is 11.8 Å². The fourth-order valence-electron chi connectivity index (χ4n) is 1.40. The van der Waals surface area contributed by atoms with Gasteiger partial charge in [0.15, 0.2) is 0 Å². The van der Waals surface area contributed by atoms with E-state index in [2.05, 4.69) is 15.2 Å². The van der Waals surface area contributed by atoms with Gasteiger partial charge < -0.3 is 10.2 Å². The summed E-state index contributed by atoms with van der Waals surface area (Å²) in [6.45, 7) is 0. The van der Waals surface area contributed by atoms with Crippen molar-refractivity contribution in [3.63, 3.8) is 0 Å². The maximum atomic E-state index is 12.0. The molecule has 0 heterocycles. The minimum Gasteiger partial charge on any atom is -0.406 e. The Labute approximate surface area is 102 Å². The van der Waals surface area contributed by atoms with Gasteiger partial charge in [-0.3, -0.25) is 4.99 Å². The summed E-state index contributed by atoms with van der Waals surface area (Å²) in [4.78, 5) is 4.30. The number of benzene rings is 1. The number of alkyl halides is 3. The fourth-order valence-corrected chi connectivity index (χ4v) is 1.40. The normalized spacial score (nSPS) is 16.6. The number of nitrogens with two attached hydrogens (primary N) is 1. The molecule has 4 nitrogen and oxygen atoms in total. The topological polar surface area (TPSA) is 59.6 Å². The van der Waals surface area contributed by atoms with Crippen LogP contribution in [0.5, 0.6) is 5.75 Å². The summed E-state index contributed by atoms with van der Waals surface area (Å²) < 4.78 is 39.7. The van der Waals surface area contributed by atoms with Crippen LogP contribution in [0, 0.1) is 0 Å². The lowest BCUT2D eigenvalue weighted by Crippen LogP contribution is -2.31. The minimum atomic E-state index is -4.68. The Balaban J connectivity index is 2.11. The zero-order valence-corrected chi connectivity index (χ0v) is 9.37. The number of nitrogens with one attached hydrogen (secondary N) is 1. The molecule has 7 heteroatoms. The molecule has 1 aliphatic rings. The maximum absolute atomic E-state index is 12.0. The number of halogens is 3. The third-order valence-corrected chi connectivity index (χ3v) is 2.36. The number of ether oxygens (including phenoxy) is 1. The Kier molecular flexibility index (Phi) is 3.42. The van der Waals surface area contributed by atoms with Gasteiger partial charge in [-0.2, -0.15) is 0 Å². The molecule has 0 spiro atoms. The van der Waals surface area contributed by atoms with E-state index in [1.165, 1.54) is 24.3 Å². The van der Waals surface area contributed by atoms with Gasteiger partial charge in [0.25, 0.3) is 0 Å². The second-order valence-corrected chi connectivity index (χ2v) is 3.93. The summed E-state index contributed by atoms with van der Waals surface area (Å²) in [6, 6.07) is 5.66. The fraction of sp³-hybridized carbons (Fsp3) is 0.364. The predicted molar refractivity (Wildman–Crippen MR) is 60.0 cm³/mol. The third kappa shape index (κ3) is 3.63. The third-order valence-electron chi connectivity index (χ3n) is 2.36. The first-order valence-electron chi connectivity index (χ1n) is 5.38. The predicted octanol–water partition coefficient (Wildman–Crippen LogP) is 1.96. The molecule has 2 rings (SSSR count). The van der Waals surface area contributed by atoms with E-state index in [0.29, 0.717) is 11.4 Å². The highest BCUT2D eigenvalue weighted by Crippen LogP contribution is 2.25. The number of aliphatic imine (C=N–C) groups is 1. The molecule has 18 heavy (non-hydrogen) atoms. The van der Waals surface area contributed by atoms with E-state index in [9.17, 15) is 13.2 Å². The van der Waals surface area contributed by atoms with Gasteiger partial charge in [-0.05, 0) is 37.1 Å². The van der Waals surface area contributed by atoms with Crippen LogP contribution in [0.4, 0.5) is 13.2 Å². The second kappa shape index (κ2) is 4.85. The van der Waals surface area contributed by atoms with Crippen molar-refractivity contribution in [3.8, 4) is 5.75 Å². The van der Waals surface area contributed by atoms with E-state index in [1.807, 2.05) is 0 Å². The Bertz CT molecular complexity index is 438. The van der Waals surface area contributed by atoms with Crippen LogP contribution in [0.2, 0.25) is 0 Å². The van der Waals surface area contributed by atoms with Crippen molar-refractivity contribution in [2.75, 3.05) is 0 Å². The van der Waals surface area contributed by atoms with E-state index in [1.54, 1.807) is 0 Å². The van der Waals surface area contributed by atoms with E-state index in [4.69, 9.17) is 5.84 Å². The monoisotopic (exact) mass is 259 g/mol. The Morgan fingerprint density at radius 1 is 1.28 bits per heavy atom. The van der Waals surface area contributed by atoms with Gasteiger partial charge in [-0.1, -0.05) is 0 Å². The highest BCUT2D eigenvalue weighted by molar-refractivity contribution is 5.98. The first-order valence-corrected chi connectivity index (χ1v) is 5.38. The molecule has 0 unspecified atom stereocenters. The molecule has 0 amide bonds. The summed E-state index contributed by atoms with van der Waals surface area (Å²) in [5.74, 6) is 5.53. The van der Waals surface area contributed by atoms with Crippen LogP contribution in [0.25, 0.3) is 0 Å². The van der Waals surface area contributed by atoms with Crippen molar-refractivity contribution < 1.29 is 17.9 Å². The molecule has 1 saturated carbocycles. The quantitative estimate of drug-likeness (QED) is 0.377. The summed E-state index contributed by atoms with van der Waals surface area (Å²) in [7, 11) is 0. The van der Waals surface area contributed by atoms with Crippen LogP contribution >= 0.6 is 0 Å². The summed E-state index contributed by atoms with van der Waals surface area (Å²) in [5, 5.41) is 0. The van der Waals surface area contributed by atoms with Crippen molar-refractivity contribution >= 4 is 5.84 Å². The molecular formula is C11H12F3N3O. The SMILES string of the molecule is NNC(=NC1CC1)c1ccc(OC(F)(F)F)cc1. The highest BCUT2D eigenvalue weighted by atomic mass is 19.4. The van der Waals surface area contributed by atoms with Gasteiger partial charge in [0.1, 0.15) is 11.6 Å². The second-order valence-electron chi connectivity index (χ2n) is 3.93. The lowest BCUT2D eigenvalue weighted by molar-refractivity contribution is -0.274. The maximum Gasteiger partial charge on any atom is 0.573 e. The van der Waals surface area contributed by atoms with Crippen LogP contribution < -0.4 is 16.0 Å². The van der Waals surface area contributed by atoms with Crippen molar-refractivity contribution in [2.45, 2.75) is 25.2 Å². The van der Waals surface area contributed by atoms with Gasteiger partial charge in [-0.25, -0.2) is 5.84 Å². The number of hydrogen-bond donors (Lipinski definition) is 2. The summed E-state index contributed by atoms with van der Waals surface area (Å²) in [6.07, 6.45) is -2.65. The Morgan fingerprint density at radius 2 is 1.89 bits per heavy atom. The van der Waals surface area contributed by atoms with Crippen LogP contribution in [0.3, 0.4) is 0 Å². The molecule has 0 radical (unpaired) electrons. The van der Waals surface area contributed by atoms with Gasteiger partial charge in [0.2, 0.25) is 0 Å². The molecule has 3 N–H and O–H groups in total. The first kappa shape index (κ1) is 12.7. The highest BCUT2D eigenvalue weighted by Gasteiger charge is 2.31. The molecule has 0 atom stereocenters. The van der Waals surface area contributed by atoms with E-state index >= 15 is 0 Å². The molecule has 0 aromatic heterocycles. The summed E-state index contributed by atoms with van der Waals surface area (Å²) in [5.41, 5.74) is 3.07. The van der Waals surface area contributed by atoms with Gasteiger partial charge in [0.05, 0.1) is 6.04 Å².